The number of sulfonamides is 1. The summed E-state index contributed by atoms with van der Waals surface area (Å²) in [5, 5.41) is 2.59. The van der Waals surface area contributed by atoms with E-state index in [1.807, 2.05) is 13.8 Å². The number of amides is 1. The zero-order valence-corrected chi connectivity index (χ0v) is 16.3. The number of halogens is 1. The Kier molecular flexibility index (Phi) is 6.92. The van der Waals surface area contributed by atoms with Crippen molar-refractivity contribution in [2.75, 3.05) is 18.5 Å². The van der Waals surface area contributed by atoms with Crippen LogP contribution < -0.4 is 14.8 Å². The zero-order chi connectivity index (χ0) is 20.0. The molecule has 0 saturated heterocycles. The van der Waals surface area contributed by atoms with Gasteiger partial charge in [-0.05, 0) is 60.9 Å². The molecule has 0 saturated carbocycles. The SMILES string of the molecule is Cc1cc(S(=O)(=O)NCC(C)C)ccc1OCC(=O)Nc1ccc(F)cc1. The van der Waals surface area contributed by atoms with Crippen LogP contribution in [-0.4, -0.2) is 27.5 Å². The summed E-state index contributed by atoms with van der Waals surface area (Å²) in [6.45, 7) is 5.64. The van der Waals surface area contributed by atoms with Crippen LogP contribution in [-0.2, 0) is 14.8 Å². The molecule has 2 N–H and O–H groups in total. The Hall–Kier alpha value is -2.45. The van der Waals surface area contributed by atoms with E-state index >= 15 is 0 Å². The van der Waals surface area contributed by atoms with Gasteiger partial charge in [0.1, 0.15) is 11.6 Å². The Bertz CT molecular complexity index is 896. The minimum absolute atomic E-state index is 0.142. The Labute approximate surface area is 158 Å². The van der Waals surface area contributed by atoms with Gasteiger partial charge < -0.3 is 10.1 Å². The number of benzene rings is 2. The topological polar surface area (TPSA) is 84.5 Å². The van der Waals surface area contributed by atoms with E-state index in [1.165, 1.54) is 42.5 Å². The summed E-state index contributed by atoms with van der Waals surface area (Å²) in [4.78, 5) is 12.1. The Morgan fingerprint density at radius 2 is 1.81 bits per heavy atom. The first kappa shape index (κ1) is 20.9. The highest BCUT2D eigenvalue weighted by Gasteiger charge is 2.16. The molecule has 0 aromatic heterocycles. The Morgan fingerprint density at radius 1 is 1.15 bits per heavy atom. The molecule has 2 aromatic rings. The monoisotopic (exact) mass is 394 g/mol. The van der Waals surface area contributed by atoms with Gasteiger partial charge in [-0.3, -0.25) is 4.79 Å². The Morgan fingerprint density at radius 3 is 2.41 bits per heavy atom. The van der Waals surface area contributed by atoms with Crippen LogP contribution in [0.15, 0.2) is 47.4 Å². The van der Waals surface area contributed by atoms with Gasteiger partial charge in [0.05, 0.1) is 4.90 Å². The van der Waals surface area contributed by atoms with E-state index in [1.54, 1.807) is 6.92 Å². The zero-order valence-electron chi connectivity index (χ0n) is 15.5. The first-order valence-electron chi connectivity index (χ1n) is 8.46. The van der Waals surface area contributed by atoms with Crippen molar-refractivity contribution in [1.29, 1.82) is 0 Å². The minimum Gasteiger partial charge on any atom is -0.483 e. The van der Waals surface area contributed by atoms with Crippen molar-refractivity contribution in [1.82, 2.24) is 4.72 Å². The number of anilines is 1. The predicted octanol–water partition coefficient (Wildman–Crippen LogP) is 3.09. The summed E-state index contributed by atoms with van der Waals surface area (Å²) in [6, 6.07) is 9.83. The quantitative estimate of drug-likeness (QED) is 0.721. The molecule has 0 unspecified atom stereocenters. The molecule has 0 fully saturated rings. The van der Waals surface area contributed by atoms with Gasteiger partial charge in [0, 0.05) is 12.2 Å². The maximum Gasteiger partial charge on any atom is 0.262 e. The number of hydrogen-bond acceptors (Lipinski definition) is 4. The van der Waals surface area contributed by atoms with Gasteiger partial charge in [-0.2, -0.15) is 0 Å². The lowest BCUT2D eigenvalue weighted by Gasteiger charge is -2.12. The number of carbonyl (C=O) groups is 1. The lowest BCUT2D eigenvalue weighted by atomic mass is 10.2. The van der Waals surface area contributed by atoms with Crippen LogP contribution in [0, 0.1) is 18.7 Å². The second-order valence-electron chi connectivity index (χ2n) is 6.52. The molecule has 0 aliphatic carbocycles. The fourth-order valence-corrected chi connectivity index (χ4v) is 3.48. The number of aryl methyl sites for hydroxylation is 1. The average Bonchev–Trinajstić information content (AvgIpc) is 2.61. The molecule has 0 spiro atoms. The van der Waals surface area contributed by atoms with Crippen molar-refractivity contribution < 1.29 is 22.3 Å². The van der Waals surface area contributed by atoms with Crippen LogP contribution in [0.3, 0.4) is 0 Å². The molecule has 6 nitrogen and oxygen atoms in total. The van der Waals surface area contributed by atoms with Gasteiger partial charge in [0.2, 0.25) is 10.0 Å². The van der Waals surface area contributed by atoms with Crippen molar-refractivity contribution in [3.05, 3.63) is 53.8 Å². The molecule has 146 valence electrons. The maximum absolute atomic E-state index is 12.9. The smallest absolute Gasteiger partial charge is 0.262 e. The van der Waals surface area contributed by atoms with E-state index in [2.05, 4.69) is 10.0 Å². The molecule has 0 atom stereocenters. The third-order valence-corrected chi connectivity index (χ3v) is 5.05. The minimum atomic E-state index is -3.59. The molecule has 1 amide bonds. The first-order valence-corrected chi connectivity index (χ1v) is 9.94. The standard InChI is InChI=1S/C19H23FN2O4S/c1-13(2)11-21-27(24,25)17-8-9-18(14(3)10-17)26-12-19(23)22-16-6-4-15(20)5-7-16/h4-10,13,21H,11-12H2,1-3H3,(H,22,23). The van der Waals surface area contributed by atoms with Gasteiger partial charge >= 0.3 is 0 Å². The summed E-state index contributed by atoms with van der Waals surface area (Å²) in [5.41, 5.74) is 1.05. The summed E-state index contributed by atoms with van der Waals surface area (Å²) in [7, 11) is -3.59. The summed E-state index contributed by atoms with van der Waals surface area (Å²) >= 11 is 0. The lowest BCUT2D eigenvalue weighted by Crippen LogP contribution is -2.27. The van der Waals surface area contributed by atoms with E-state index in [0.717, 1.165) is 0 Å². The van der Waals surface area contributed by atoms with Crippen LogP contribution >= 0.6 is 0 Å². The van der Waals surface area contributed by atoms with E-state index in [9.17, 15) is 17.6 Å². The third-order valence-electron chi connectivity index (χ3n) is 3.63. The predicted molar refractivity (Wildman–Crippen MR) is 102 cm³/mol. The largest absolute Gasteiger partial charge is 0.483 e. The molecule has 2 aromatic carbocycles. The number of hydrogen-bond donors (Lipinski definition) is 2. The molecule has 0 aliphatic heterocycles. The molecule has 0 aliphatic rings. The number of nitrogens with one attached hydrogen (secondary N) is 2. The fourth-order valence-electron chi connectivity index (χ4n) is 2.18. The van der Waals surface area contributed by atoms with Crippen LogP contribution in [0.25, 0.3) is 0 Å². The molecule has 0 bridgehead atoms. The van der Waals surface area contributed by atoms with Gasteiger partial charge in [0.15, 0.2) is 6.61 Å². The summed E-state index contributed by atoms with van der Waals surface area (Å²) < 4.78 is 45.4. The van der Waals surface area contributed by atoms with E-state index in [-0.39, 0.29) is 17.4 Å². The third kappa shape index (κ3) is 6.33. The molecule has 27 heavy (non-hydrogen) atoms. The van der Waals surface area contributed by atoms with E-state index < -0.39 is 21.7 Å². The molecular formula is C19H23FN2O4S. The molecule has 8 heteroatoms. The highest BCUT2D eigenvalue weighted by molar-refractivity contribution is 7.89. The number of rotatable bonds is 8. The maximum atomic E-state index is 12.9. The number of carbonyl (C=O) groups excluding carboxylic acids is 1. The van der Waals surface area contributed by atoms with E-state index in [0.29, 0.717) is 23.5 Å². The first-order chi connectivity index (χ1) is 12.7. The normalized spacial score (nSPS) is 11.4. The Balaban J connectivity index is 1.97. The molecule has 0 radical (unpaired) electrons. The van der Waals surface area contributed by atoms with Crippen LogP contribution in [0.2, 0.25) is 0 Å². The molecule has 2 rings (SSSR count). The summed E-state index contributed by atoms with van der Waals surface area (Å²) in [5.74, 6) is -0.190. The van der Waals surface area contributed by atoms with Crippen molar-refractivity contribution in [2.24, 2.45) is 5.92 Å². The van der Waals surface area contributed by atoms with Crippen molar-refractivity contribution >= 4 is 21.6 Å². The van der Waals surface area contributed by atoms with E-state index in [4.69, 9.17) is 4.74 Å². The van der Waals surface area contributed by atoms with Gasteiger partial charge in [-0.15, -0.1) is 0 Å². The number of ether oxygens (including phenoxy) is 1. The molecule has 0 heterocycles. The van der Waals surface area contributed by atoms with Crippen LogP contribution in [0.5, 0.6) is 5.75 Å². The van der Waals surface area contributed by atoms with Gasteiger partial charge in [0.25, 0.3) is 5.91 Å². The van der Waals surface area contributed by atoms with Crippen LogP contribution in [0.4, 0.5) is 10.1 Å². The van der Waals surface area contributed by atoms with Crippen molar-refractivity contribution in [3.63, 3.8) is 0 Å². The van der Waals surface area contributed by atoms with Gasteiger partial charge in [-0.1, -0.05) is 13.8 Å². The second kappa shape index (κ2) is 8.96. The highest BCUT2D eigenvalue weighted by atomic mass is 32.2. The fraction of sp³-hybridized carbons (Fsp3) is 0.316. The second-order valence-corrected chi connectivity index (χ2v) is 8.28. The van der Waals surface area contributed by atoms with Gasteiger partial charge in [-0.25, -0.2) is 17.5 Å². The average molecular weight is 394 g/mol. The molecular weight excluding hydrogens is 371 g/mol. The van der Waals surface area contributed by atoms with Crippen molar-refractivity contribution in [2.45, 2.75) is 25.7 Å². The lowest BCUT2D eigenvalue weighted by molar-refractivity contribution is -0.118. The summed E-state index contributed by atoms with van der Waals surface area (Å²) in [6.07, 6.45) is 0. The van der Waals surface area contributed by atoms with Crippen molar-refractivity contribution in [3.8, 4) is 5.75 Å². The van der Waals surface area contributed by atoms with Crippen LogP contribution in [0.1, 0.15) is 19.4 Å². The highest BCUT2D eigenvalue weighted by Crippen LogP contribution is 2.22.